The molecule has 0 saturated heterocycles. The van der Waals surface area contributed by atoms with Gasteiger partial charge in [0, 0.05) is 25.2 Å². The summed E-state index contributed by atoms with van der Waals surface area (Å²) in [7, 11) is 3.36. The Morgan fingerprint density at radius 1 is 1.29 bits per heavy atom. The molecule has 31 heavy (non-hydrogen) atoms. The van der Waals surface area contributed by atoms with Crippen molar-refractivity contribution in [2.75, 3.05) is 35.8 Å². The molecular weight excluding hydrogens is 394 g/mol. The Morgan fingerprint density at radius 3 is 2.74 bits per heavy atom. The molecule has 1 aliphatic heterocycles. The van der Waals surface area contributed by atoms with Crippen molar-refractivity contribution in [3.63, 3.8) is 0 Å². The number of methoxy groups -OCH3 is 1. The first kappa shape index (κ1) is 21.1. The van der Waals surface area contributed by atoms with E-state index in [4.69, 9.17) is 9.72 Å². The molecule has 1 aromatic carbocycles. The first-order valence-corrected chi connectivity index (χ1v) is 10.9. The molecule has 1 N–H and O–H groups in total. The van der Waals surface area contributed by atoms with Crippen LogP contribution in [0, 0.1) is 5.92 Å². The van der Waals surface area contributed by atoms with Crippen LogP contribution in [0.3, 0.4) is 0 Å². The first-order chi connectivity index (χ1) is 15.0. The van der Waals surface area contributed by atoms with Gasteiger partial charge in [0.05, 0.1) is 24.9 Å². The van der Waals surface area contributed by atoms with Crippen molar-refractivity contribution < 1.29 is 14.3 Å². The Balaban J connectivity index is 1.73. The summed E-state index contributed by atoms with van der Waals surface area (Å²) >= 11 is 0. The molecule has 0 spiro atoms. The molecular formula is C23H29N5O3. The summed E-state index contributed by atoms with van der Waals surface area (Å²) in [6.45, 7) is 2.73. The summed E-state index contributed by atoms with van der Waals surface area (Å²) in [6, 6.07) is 5.54. The monoisotopic (exact) mass is 423 g/mol. The standard InChI is InChI=1S/C23H29N5O3/c1-4-16-13-28(17-7-5-6-8-17)21-19(27(2)22(16)30)12-24-23(26-21)25-18-10-9-15(14-29)11-20(18)31-3/h9-12,14,16-17H,4-8,13H2,1-3H3,(H,24,25,26). The zero-order valence-electron chi connectivity index (χ0n) is 18.3. The Bertz CT molecular complexity index is 974. The summed E-state index contributed by atoms with van der Waals surface area (Å²) < 4.78 is 5.41. The Morgan fingerprint density at radius 2 is 2.06 bits per heavy atom. The molecule has 0 bridgehead atoms. The molecule has 2 aliphatic rings. The fraction of sp³-hybridized carbons (Fsp3) is 0.478. The minimum absolute atomic E-state index is 0.0628. The molecule has 2 heterocycles. The number of hydrogen-bond acceptors (Lipinski definition) is 7. The second kappa shape index (κ2) is 8.91. The van der Waals surface area contributed by atoms with E-state index in [-0.39, 0.29) is 11.8 Å². The van der Waals surface area contributed by atoms with E-state index in [1.807, 2.05) is 0 Å². The molecule has 8 nitrogen and oxygen atoms in total. The number of anilines is 4. The second-order valence-corrected chi connectivity index (χ2v) is 8.20. The average Bonchev–Trinajstić information content (AvgIpc) is 3.31. The predicted molar refractivity (Wildman–Crippen MR) is 120 cm³/mol. The first-order valence-electron chi connectivity index (χ1n) is 10.9. The van der Waals surface area contributed by atoms with Crippen LogP contribution in [-0.4, -0.2) is 48.9 Å². The highest BCUT2D eigenvalue weighted by Crippen LogP contribution is 2.38. The minimum atomic E-state index is -0.0628. The molecule has 1 saturated carbocycles. The highest BCUT2D eigenvalue weighted by atomic mass is 16.5. The third-order valence-electron chi connectivity index (χ3n) is 6.35. The number of aldehydes is 1. The normalized spacial score (nSPS) is 19.2. The number of carbonyl (C=O) groups excluding carboxylic acids is 2. The Kier molecular flexibility index (Phi) is 6.06. The molecule has 1 fully saturated rings. The van der Waals surface area contributed by atoms with E-state index in [1.165, 1.54) is 12.8 Å². The fourth-order valence-electron chi connectivity index (χ4n) is 4.52. The van der Waals surface area contributed by atoms with Gasteiger partial charge in [-0.25, -0.2) is 4.98 Å². The summed E-state index contributed by atoms with van der Waals surface area (Å²) in [5, 5.41) is 3.21. The maximum Gasteiger partial charge on any atom is 0.231 e. The van der Waals surface area contributed by atoms with E-state index >= 15 is 0 Å². The van der Waals surface area contributed by atoms with E-state index in [0.717, 1.165) is 37.1 Å². The van der Waals surface area contributed by atoms with Gasteiger partial charge in [0.15, 0.2) is 5.82 Å². The van der Waals surface area contributed by atoms with E-state index in [9.17, 15) is 9.59 Å². The van der Waals surface area contributed by atoms with Gasteiger partial charge in [-0.05, 0) is 37.5 Å². The third-order valence-corrected chi connectivity index (χ3v) is 6.35. The van der Waals surface area contributed by atoms with Crippen LogP contribution in [0.2, 0.25) is 0 Å². The maximum absolute atomic E-state index is 13.0. The predicted octanol–water partition coefficient (Wildman–Crippen LogP) is 3.79. The summed E-state index contributed by atoms with van der Waals surface area (Å²) in [6.07, 6.45) is 7.92. The summed E-state index contributed by atoms with van der Waals surface area (Å²) in [5.41, 5.74) is 1.94. The number of rotatable bonds is 6. The number of hydrogen-bond donors (Lipinski definition) is 1. The van der Waals surface area contributed by atoms with Crippen LogP contribution in [0.1, 0.15) is 49.4 Å². The van der Waals surface area contributed by atoms with Gasteiger partial charge in [0.25, 0.3) is 0 Å². The van der Waals surface area contributed by atoms with Crippen molar-refractivity contribution in [2.24, 2.45) is 5.92 Å². The van der Waals surface area contributed by atoms with Crippen LogP contribution in [0.4, 0.5) is 23.1 Å². The van der Waals surface area contributed by atoms with Crippen LogP contribution in [0.25, 0.3) is 0 Å². The van der Waals surface area contributed by atoms with Crippen LogP contribution in [-0.2, 0) is 4.79 Å². The van der Waals surface area contributed by atoms with Gasteiger partial charge in [-0.1, -0.05) is 19.8 Å². The molecule has 8 heteroatoms. The average molecular weight is 424 g/mol. The lowest BCUT2D eigenvalue weighted by Gasteiger charge is -2.31. The van der Waals surface area contributed by atoms with Crippen molar-refractivity contribution in [3.8, 4) is 5.75 Å². The third kappa shape index (κ3) is 4.06. The number of amides is 1. The van der Waals surface area contributed by atoms with Gasteiger partial charge < -0.3 is 19.9 Å². The lowest BCUT2D eigenvalue weighted by molar-refractivity contribution is -0.121. The van der Waals surface area contributed by atoms with E-state index in [1.54, 1.807) is 43.5 Å². The Hall–Kier alpha value is -3.16. The van der Waals surface area contributed by atoms with Gasteiger partial charge in [-0.2, -0.15) is 4.98 Å². The number of aromatic nitrogens is 2. The summed E-state index contributed by atoms with van der Waals surface area (Å²) in [5.74, 6) is 1.80. The largest absolute Gasteiger partial charge is 0.495 e. The molecule has 1 atom stereocenters. The molecule has 1 aromatic heterocycles. The highest BCUT2D eigenvalue weighted by Gasteiger charge is 2.36. The van der Waals surface area contributed by atoms with Gasteiger partial charge in [-0.15, -0.1) is 0 Å². The van der Waals surface area contributed by atoms with Gasteiger partial charge in [0.2, 0.25) is 11.9 Å². The lowest BCUT2D eigenvalue weighted by atomic mass is 10.0. The van der Waals surface area contributed by atoms with Gasteiger partial charge in [-0.3, -0.25) is 9.59 Å². The molecule has 164 valence electrons. The topological polar surface area (TPSA) is 87.7 Å². The van der Waals surface area contributed by atoms with E-state index in [2.05, 4.69) is 22.1 Å². The minimum Gasteiger partial charge on any atom is -0.495 e. The van der Waals surface area contributed by atoms with Crippen molar-refractivity contribution in [1.29, 1.82) is 0 Å². The van der Waals surface area contributed by atoms with Crippen molar-refractivity contribution in [1.82, 2.24) is 9.97 Å². The molecule has 1 unspecified atom stereocenters. The van der Waals surface area contributed by atoms with E-state index < -0.39 is 0 Å². The summed E-state index contributed by atoms with van der Waals surface area (Å²) in [4.78, 5) is 37.4. The molecule has 1 amide bonds. The van der Waals surface area contributed by atoms with Crippen LogP contribution in [0.5, 0.6) is 5.75 Å². The number of carbonyl (C=O) groups is 2. The quantitative estimate of drug-likeness (QED) is 0.707. The lowest BCUT2D eigenvalue weighted by Crippen LogP contribution is -2.39. The van der Waals surface area contributed by atoms with Crippen molar-refractivity contribution >= 4 is 35.3 Å². The number of fused-ring (bicyclic) bond motifs is 1. The van der Waals surface area contributed by atoms with Crippen LogP contribution < -0.4 is 19.9 Å². The Labute approximate surface area is 182 Å². The number of nitrogens with zero attached hydrogens (tertiary/aromatic N) is 4. The number of ether oxygens (including phenoxy) is 1. The zero-order chi connectivity index (χ0) is 22.0. The maximum atomic E-state index is 13.0. The van der Waals surface area contributed by atoms with E-state index in [0.29, 0.717) is 35.5 Å². The second-order valence-electron chi connectivity index (χ2n) is 8.20. The number of nitrogens with one attached hydrogen (secondary N) is 1. The highest BCUT2D eigenvalue weighted by molar-refractivity contribution is 5.99. The molecule has 0 radical (unpaired) electrons. The smallest absolute Gasteiger partial charge is 0.231 e. The molecule has 1 aliphatic carbocycles. The van der Waals surface area contributed by atoms with Gasteiger partial charge in [0.1, 0.15) is 17.7 Å². The van der Waals surface area contributed by atoms with Gasteiger partial charge >= 0.3 is 0 Å². The molecule has 4 rings (SSSR count). The zero-order valence-corrected chi connectivity index (χ0v) is 18.3. The number of benzene rings is 1. The SMILES string of the molecule is CCC1CN(C2CCCC2)c2nc(Nc3ccc(C=O)cc3OC)ncc2N(C)C1=O. The van der Waals surface area contributed by atoms with Crippen molar-refractivity contribution in [2.45, 2.75) is 45.1 Å². The molecule has 2 aromatic rings. The fourth-order valence-corrected chi connectivity index (χ4v) is 4.52. The van der Waals surface area contributed by atoms with Crippen LogP contribution >= 0.6 is 0 Å². The van der Waals surface area contributed by atoms with Crippen LogP contribution in [0.15, 0.2) is 24.4 Å². The van der Waals surface area contributed by atoms with Crippen molar-refractivity contribution in [3.05, 3.63) is 30.0 Å².